The first kappa shape index (κ1) is 13.8. The lowest BCUT2D eigenvalue weighted by Gasteiger charge is -2.38. The maximum atomic E-state index is 12.1. The van der Waals surface area contributed by atoms with E-state index in [1.165, 1.54) is 12.8 Å². The van der Waals surface area contributed by atoms with Gasteiger partial charge in [-0.25, -0.2) is 0 Å². The van der Waals surface area contributed by atoms with E-state index in [0.29, 0.717) is 5.92 Å². The van der Waals surface area contributed by atoms with E-state index in [1.807, 2.05) is 25.7 Å². The molecule has 1 saturated carbocycles. The highest BCUT2D eigenvalue weighted by Crippen LogP contribution is 2.33. The molecule has 0 radical (unpaired) electrons. The molecule has 4 nitrogen and oxygen atoms in total. The number of carbonyl (C=O) groups is 1. The largest absolute Gasteiger partial charge is 0.392 e. The molecule has 1 heterocycles. The summed E-state index contributed by atoms with van der Waals surface area (Å²) < 4.78 is 0. The first-order valence-electron chi connectivity index (χ1n) is 7.08. The van der Waals surface area contributed by atoms with Crippen LogP contribution in [0, 0.1) is 11.3 Å². The number of amides is 1. The fourth-order valence-electron chi connectivity index (χ4n) is 2.50. The predicted octanol–water partition coefficient (Wildman–Crippen LogP) is 0.948. The standard InChI is InChI=1S/C14H26N2O2/c1-14(2,3)13(18)16-8-6-15(7-9-16)10-12(17)11-4-5-11/h11-12,17H,4-10H2,1-3H3/t12-/m1/s1. The fourth-order valence-corrected chi connectivity index (χ4v) is 2.50. The Hall–Kier alpha value is -0.610. The summed E-state index contributed by atoms with van der Waals surface area (Å²) in [6.45, 7) is 10.1. The molecule has 1 saturated heterocycles. The Bertz CT molecular complexity index is 299. The molecule has 0 bridgehead atoms. The second kappa shape index (κ2) is 5.17. The molecule has 2 aliphatic rings. The molecule has 1 aliphatic carbocycles. The summed E-state index contributed by atoms with van der Waals surface area (Å²) in [6.07, 6.45) is 2.21. The molecular weight excluding hydrogens is 228 g/mol. The molecule has 18 heavy (non-hydrogen) atoms. The van der Waals surface area contributed by atoms with Gasteiger partial charge in [0.25, 0.3) is 0 Å². The third kappa shape index (κ3) is 3.45. The van der Waals surface area contributed by atoms with Crippen molar-refractivity contribution < 1.29 is 9.90 Å². The van der Waals surface area contributed by atoms with E-state index in [2.05, 4.69) is 4.90 Å². The summed E-state index contributed by atoms with van der Waals surface area (Å²) in [6, 6.07) is 0. The number of aliphatic hydroxyl groups is 1. The summed E-state index contributed by atoms with van der Waals surface area (Å²) in [7, 11) is 0. The Morgan fingerprint density at radius 3 is 2.22 bits per heavy atom. The van der Waals surface area contributed by atoms with Gasteiger partial charge in [-0.05, 0) is 18.8 Å². The van der Waals surface area contributed by atoms with Gasteiger partial charge in [-0.15, -0.1) is 0 Å². The number of hydrogen-bond donors (Lipinski definition) is 1. The smallest absolute Gasteiger partial charge is 0.228 e. The van der Waals surface area contributed by atoms with Gasteiger partial charge in [0, 0.05) is 38.1 Å². The van der Waals surface area contributed by atoms with E-state index in [-0.39, 0.29) is 17.4 Å². The average Bonchev–Trinajstić information content (AvgIpc) is 3.11. The molecular formula is C14H26N2O2. The van der Waals surface area contributed by atoms with E-state index < -0.39 is 0 Å². The molecule has 2 fully saturated rings. The zero-order valence-corrected chi connectivity index (χ0v) is 11.9. The maximum Gasteiger partial charge on any atom is 0.228 e. The normalized spacial score (nSPS) is 24.1. The van der Waals surface area contributed by atoms with Crippen molar-refractivity contribution in [2.24, 2.45) is 11.3 Å². The van der Waals surface area contributed by atoms with Crippen molar-refractivity contribution in [2.45, 2.75) is 39.7 Å². The Kier molecular flexibility index (Phi) is 3.97. The molecule has 1 aliphatic heterocycles. The highest BCUT2D eigenvalue weighted by molar-refractivity contribution is 5.81. The molecule has 0 aromatic carbocycles. The predicted molar refractivity (Wildman–Crippen MR) is 71.2 cm³/mol. The van der Waals surface area contributed by atoms with Crippen molar-refractivity contribution in [1.29, 1.82) is 0 Å². The first-order valence-corrected chi connectivity index (χ1v) is 7.08. The summed E-state index contributed by atoms with van der Waals surface area (Å²) >= 11 is 0. The second-order valence-electron chi connectivity index (χ2n) is 6.75. The van der Waals surface area contributed by atoms with Gasteiger partial charge < -0.3 is 10.0 Å². The Balaban J connectivity index is 1.75. The van der Waals surface area contributed by atoms with Gasteiger partial charge in [0.1, 0.15) is 0 Å². The van der Waals surface area contributed by atoms with Crippen LogP contribution in [0.2, 0.25) is 0 Å². The highest BCUT2D eigenvalue weighted by atomic mass is 16.3. The van der Waals surface area contributed by atoms with Crippen molar-refractivity contribution in [3.05, 3.63) is 0 Å². The van der Waals surface area contributed by atoms with E-state index >= 15 is 0 Å². The molecule has 1 amide bonds. The molecule has 1 N–H and O–H groups in total. The summed E-state index contributed by atoms with van der Waals surface area (Å²) in [5, 5.41) is 9.92. The number of rotatable bonds is 3. The molecule has 0 spiro atoms. The zero-order chi connectivity index (χ0) is 13.3. The summed E-state index contributed by atoms with van der Waals surface area (Å²) in [4.78, 5) is 16.4. The van der Waals surface area contributed by atoms with Crippen molar-refractivity contribution in [1.82, 2.24) is 9.80 Å². The summed E-state index contributed by atoms with van der Waals surface area (Å²) in [5.74, 6) is 0.782. The number of aliphatic hydroxyl groups excluding tert-OH is 1. The molecule has 2 rings (SSSR count). The van der Waals surface area contributed by atoms with E-state index in [9.17, 15) is 9.90 Å². The van der Waals surface area contributed by atoms with E-state index in [0.717, 1.165) is 32.7 Å². The average molecular weight is 254 g/mol. The number of piperazine rings is 1. The third-order valence-corrected chi connectivity index (χ3v) is 3.91. The fraction of sp³-hybridized carbons (Fsp3) is 0.929. The number of β-amino-alcohol motifs (C(OH)–C–C–N with tert-alkyl or cyclic N) is 1. The van der Waals surface area contributed by atoms with E-state index in [4.69, 9.17) is 0 Å². The van der Waals surface area contributed by atoms with Gasteiger partial charge >= 0.3 is 0 Å². The van der Waals surface area contributed by atoms with Crippen molar-refractivity contribution in [3.63, 3.8) is 0 Å². The Morgan fingerprint density at radius 1 is 1.22 bits per heavy atom. The highest BCUT2D eigenvalue weighted by Gasteiger charge is 2.33. The van der Waals surface area contributed by atoms with Crippen LogP contribution in [0.15, 0.2) is 0 Å². The number of carbonyl (C=O) groups excluding carboxylic acids is 1. The van der Waals surface area contributed by atoms with Gasteiger partial charge in [0.15, 0.2) is 0 Å². The van der Waals surface area contributed by atoms with Gasteiger partial charge in [-0.1, -0.05) is 20.8 Å². The van der Waals surface area contributed by atoms with Gasteiger partial charge in [-0.2, -0.15) is 0 Å². The molecule has 104 valence electrons. The van der Waals surface area contributed by atoms with Gasteiger partial charge in [-0.3, -0.25) is 9.69 Å². The first-order chi connectivity index (χ1) is 8.38. The quantitative estimate of drug-likeness (QED) is 0.815. The van der Waals surface area contributed by atoms with Crippen LogP contribution in [0.1, 0.15) is 33.6 Å². The second-order valence-corrected chi connectivity index (χ2v) is 6.75. The molecule has 0 aromatic heterocycles. The molecule has 1 atom stereocenters. The lowest BCUT2D eigenvalue weighted by Crippen LogP contribution is -2.53. The van der Waals surface area contributed by atoms with Crippen LogP contribution in [0.25, 0.3) is 0 Å². The van der Waals surface area contributed by atoms with Crippen LogP contribution in [0.5, 0.6) is 0 Å². The van der Waals surface area contributed by atoms with Crippen LogP contribution in [-0.2, 0) is 4.79 Å². The van der Waals surface area contributed by atoms with Crippen LogP contribution in [0.3, 0.4) is 0 Å². The van der Waals surface area contributed by atoms with Crippen molar-refractivity contribution >= 4 is 5.91 Å². The van der Waals surface area contributed by atoms with E-state index in [1.54, 1.807) is 0 Å². The van der Waals surface area contributed by atoms with Crippen LogP contribution in [0.4, 0.5) is 0 Å². The minimum absolute atomic E-state index is 0.158. The van der Waals surface area contributed by atoms with Gasteiger partial charge in [0.2, 0.25) is 5.91 Å². The lowest BCUT2D eigenvalue weighted by molar-refractivity contribution is -0.141. The SMILES string of the molecule is CC(C)(C)C(=O)N1CCN(C[C@@H](O)C2CC2)CC1. The maximum absolute atomic E-state index is 12.1. The molecule has 4 heteroatoms. The van der Waals surface area contributed by atoms with Gasteiger partial charge in [0.05, 0.1) is 6.10 Å². The number of hydrogen-bond acceptors (Lipinski definition) is 3. The topological polar surface area (TPSA) is 43.8 Å². The zero-order valence-electron chi connectivity index (χ0n) is 11.9. The van der Waals surface area contributed by atoms with Crippen LogP contribution >= 0.6 is 0 Å². The molecule has 0 aromatic rings. The Labute approximate surface area is 110 Å². The van der Waals surface area contributed by atoms with Crippen molar-refractivity contribution in [2.75, 3.05) is 32.7 Å². The van der Waals surface area contributed by atoms with Crippen molar-refractivity contribution in [3.8, 4) is 0 Å². The Morgan fingerprint density at radius 2 is 1.78 bits per heavy atom. The van der Waals surface area contributed by atoms with Crippen LogP contribution < -0.4 is 0 Å². The minimum Gasteiger partial charge on any atom is -0.392 e. The third-order valence-electron chi connectivity index (χ3n) is 3.91. The minimum atomic E-state index is -0.282. The van der Waals surface area contributed by atoms with Crippen LogP contribution in [-0.4, -0.2) is 59.6 Å². The lowest BCUT2D eigenvalue weighted by atomic mass is 9.94. The molecule has 0 unspecified atom stereocenters. The monoisotopic (exact) mass is 254 g/mol. The summed E-state index contributed by atoms with van der Waals surface area (Å²) in [5.41, 5.74) is -0.282. The number of nitrogens with zero attached hydrogens (tertiary/aromatic N) is 2.